The summed E-state index contributed by atoms with van der Waals surface area (Å²) in [6.45, 7) is 9.78. The molecule has 0 bridgehead atoms. The van der Waals surface area contributed by atoms with E-state index in [1.807, 2.05) is 34.6 Å². The van der Waals surface area contributed by atoms with Crippen LogP contribution in [0, 0.1) is 5.82 Å². The molecule has 0 fully saturated rings. The highest BCUT2D eigenvalue weighted by atomic mass is 19.1. The summed E-state index contributed by atoms with van der Waals surface area (Å²) in [4.78, 5) is 35.4. The van der Waals surface area contributed by atoms with E-state index >= 15 is 0 Å². The number of amides is 2. The molecule has 4 heterocycles. The maximum Gasteiger partial charge on any atom is 0.324 e. The molecule has 13 heteroatoms. The zero-order valence-corrected chi connectivity index (χ0v) is 23.6. The van der Waals surface area contributed by atoms with Gasteiger partial charge in [0.05, 0.1) is 17.6 Å². The van der Waals surface area contributed by atoms with Crippen LogP contribution in [0.3, 0.4) is 0 Å². The van der Waals surface area contributed by atoms with Gasteiger partial charge in [-0.25, -0.2) is 18.9 Å². The third-order valence-electron chi connectivity index (χ3n) is 6.49. The molecule has 4 aromatic heterocycles. The first kappa shape index (κ1) is 27.5. The highest BCUT2D eigenvalue weighted by Gasteiger charge is 2.22. The lowest BCUT2D eigenvalue weighted by Gasteiger charge is -2.16. The number of aromatic amines is 1. The Morgan fingerprint density at radius 2 is 1.88 bits per heavy atom. The summed E-state index contributed by atoms with van der Waals surface area (Å²) < 4.78 is 18.0. The Balaban J connectivity index is 1.49. The molecule has 1 aromatic carbocycles. The van der Waals surface area contributed by atoms with Crippen molar-refractivity contribution in [3.05, 3.63) is 70.8 Å². The molecule has 0 unspecified atom stereocenters. The van der Waals surface area contributed by atoms with E-state index in [1.54, 1.807) is 47.0 Å². The second kappa shape index (κ2) is 10.5. The number of carbonyl (C=O) groups excluding carboxylic acids is 1. The topological polar surface area (TPSA) is 147 Å². The number of halogens is 1. The minimum Gasteiger partial charge on any atom is -0.357 e. The largest absolute Gasteiger partial charge is 0.357 e. The average Bonchev–Trinajstić information content (AvgIpc) is 3.59. The number of nitrogens with one attached hydrogen (secondary N) is 4. The zero-order valence-electron chi connectivity index (χ0n) is 23.6. The van der Waals surface area contributed by atoms with E-state index in [-0.39, 0.29) is 22.7 Å². The van der Waals surface area contributed by atoms with Gasteiger partial charge in [0, 0.05) is 47.9 Å². The van der Waals surface area contributed by atoms with Gasteiger partial charge in [-0.15, -0.1) is 0 Å². The number of rotatable bonds is 6. The number of pyridine rings is 1. The van der Waals surface area contributed by atoms with Crippen LogP contribution in [-0.2, 0) is 5.41 Å². The number of benzene rings is 1. The molecule has 0 atom stereocenters. The van der Waals surface area contributed by atoms with Crippen LogP contribution in [0.4, 0.5) is 26.6 Å². The van der Waals surface area contributed by atoms with Gasteiger partial charge in [-0.2, -0.15) is 15.2 Å². The summed E-state index contributed by atoms with van der Waals surface area (Å²) >= 11 is 0. The smallest absolute Gasteiger partial charge is 0.324 e. The highest BCUT2D eigenvalue weighted by molar-refractivity contribution is 6.00. The summed E-state index contributed by atoms with van der Waals surface area (Å²) in [7, 11) is 1.70. The van der Waals surface area contributed by atoms with Gasteiger partial charge in [0.1, 0.15) is 23.0 Å². The number of fused-ring (bicyclic) bond motifs is 1. The van der Waals surface area contributed by atoms with Gasteiger partial charge in [-0.3, -0.25) is 19.8 Å². The predicted octanol–water partition coefficient (Wildman–Crippen LogP) is 5.07. The van der Waals surface area contributed by atoms with E-state index in [4.69, 9.17) is 0 Å². The molecule has 0 saturated carbocycles. The van der Waals surface area contributed by atoms with Gasteiger partial charge in [0.25, 0.3) is 5.56 Å². The first-order valence-corrected chi connectivity index (χ1v) is 13.0. The predicted molar refractivity (Wildman–Crippen MR) is 156 cm³/mol. The van der Waals surface area contributed by atoms with E-state index in [2.05, 4.69) is 41.2 Å². The van der Waals surface area contributed by atoms with E-state index in [1.165, 1.54) is 18.2 Å². The van der Waals surface area contributed by atoms with E-state index in [0.717, 1.165) is 5.69 Å². The summed E-state index contributed by atoms with van der Waals surface area (Å²) in [5, 5.41) is 20.1. The van der Waals surface area contributed by atoms with Crippen LogP contribution in [0.5, 0.6) is 0 Å². The Morgan fingerprint density at radius 1 is 1.10 bits per heavy atom. The third kappa shape index (κ3) is 5.38. The van der Waals surface area contributed by atoms with Gasteiger partial charge in [0.15, 0.2) is 0 Å². The molecule has 2 amide bonds. The molecule has 212 valence electrons. The number of anilines is 3. The molecular formula is C28H31FN10O2. The van der Waals surface area contributed by atoms with E-state index in [9.17, 15) is 14.0 Å². The van der Waals surface area contributed by atoms with Crippen molar-refractivity contribution in [2.45, 2.75) is 46.1 Å². The lowest BCUT2D eigenvalue weighted by molar-refractivity contribution is 0.262. The Hall–Kier alpha value is -5.07. The number of nitrogens with zero attached hydrogens (tertiary/aromatic N) is 6. The Labute approximate surface area is 235 Å². The van der Waals surface area contributed by atoms with E-state index in [0.29, 0.717) is 39.6 Å². The van der Waals surface area contributed by atoms with Crippen molar-refractivity contribution in [1.29, 1.82) is 0 Å². The number of urea groups is 1. The summed E-state index contributed by atoms with van der Waals surface area (Å²) in [6.07, 6.45) is 4.84. The molecule has 0 saturated heterocycles. The van der Waals surface area contributed by atoms with Crippen LogP contribution in [-0.4, -0.2) is 47.6 Å². The third-order valence-corrected chi connectivity index (χ3v) is 6.49. The second-order valence-electron chi connectivity index (χ2n) is 10.9. The van der Waals surface area contributed by atoms with Crippen molar-refractivity contribution in [3.8, 4) is 16.8 Å². The van der Waals surface area contributed by atoms with Crippen molar-refractivity contribution in [2.24, 2.45) is 0 Å². The number of H-pyrrole nitrogens is 1. The number of carbonyl (C=O) groups is 1. The van der Waals surface area contributed by atoms with Crippen LogP contribution in [0.15, 0.2) is 53.7 Å². The standard InChI is InChI=1S/C28H31FN10O2/c1-15(2)38-24-17(12-31-26(30-6)36-24)9-19(25(38)40)16-7-8-20(29)21(10-16)34-27(41)35-23-11-22(28(3,4)5)37-39(23)18-13-32-33-14-18/h7-15H,1-6H3,(H,32,33)(H,30,31,36)(H2,34,35,41). The van der Waals surface area contributed by atoms with Gasteiger partial charge < -0.3 is 10.6 Å². The second-order valence-corrected chi connectivity index (χ2v) is 10.9. The number of hydrogen-bond donors (Lipinski definition) is 4. The molecule has 5 rings (SSSR count). The monoisotopic (exact) mass is 558 g/mol. The SMILES string of the molecule is CNc1ncc2cc(-c3ccc(F)c(NC(=O)Nc4cc(C(C)(C)C)nn4-c4cn[nH]c4)c3)c(=O)n(C(C)C)c2n1. The van der Waals surface area contributed by atoms with Gasteiger partial charge >= 0.3 is 6.03 Å². The van der Waals surface area contributed by atoms with Crippen LogP contribution >= 0.6 is 0 Å². The van der Waals surface area contributed by atoms with E-state index < -0.39 is 11.8 Å². The summed E-state index contributed by atoms with van der Waals surface area (Å²) in [6, 6.07) is 6.68. The summed E-state index contributed by atoms with van der Waals surface area (Å²) in [5.74, 6) is 0.109. The highest BCUT2D eigenvalue weighted by Crippen LogP contribution is 2.28. The molecule has 0 spiro atoms. The molecule has 0 aliphatic heterocycles. The fourth-order valence-corrected chi connectivity index (χ4v) is 4.38. The van der Waals surface area contributed by atoms with Crippen LogP contribution in [0.25, 0.3) is 27.8 Å². The minimum absolute atomic E-state index is 0.0946. The van der Waals surface area contributed by atoms with Crippen molar-refractivity contribution in [2.75, 3.05) is 23.0 Å². The normalized spacial score (nSPS) is 11.7. The first-order valence-electron chi connectivity index (χ1n) is 13.0. The Bertz CT molecular complexity index is 1800. The minimum atomic E-state index is -0.683. The van der Waals surface area contributed by atoms with Crippen LogP contribution in [0.2, 0.25) is 0 Å². The lowest BCUT2D eigenvalue weighted by Crippen LogP contribution is -2.25. The van der Waals surface area contributed by atoms with Crippen molar-refractivity contribution in [1.82, 2.24) is 34.5 Å². The van der Waals surface area contributed by atoms with Crippen LogP contribution in [0.1, 0.15) is 46.4 Å². The maximum absolute atomic E-state index is 14.9. The van der Waals surface area contributed by atoms with Gasteiger partial charge in [-0.05, 0) is 37.6 Å². The maximum atomic E-state index is 14.9. The lowest BCUT2D eigenvalue weighted by atomic mass is 9.92. The fraction of sp³-hybridized carbons (Fsp3) is 0.286. The van der Waals surface area contributed by atoms with Crippen LogP contribution < -0.4 is 21.5 Å². The molecule has 0 aliphatic rings. The molecule has 0 aliphatic carbocycles. The Kier molecular flexibility index (Phi) is 7.03. The molecule has 0 radical (unpaired) electrons. The molecule has 41 heavy (non-hydrogen) atoms. The van der Waals surface area contributed by atoms with Gasteiger partial charge in [-0.1, -0.05) is 26.8 Å². The van der Waals surface area contributed by atoms with Crippen molar-refractivity contribution in [3.63, 3.8) is 0 Å². The quantitative estimate of drug-likeness (QED) is 0.227. The molecule has 5 aromatic rings. The Morgan fingerprint density at radius 3 is 2.54 bits per heavy atom. The van der Waals surface area contributed by atoms with Gasteiger partial charge in [0.2, 0.25) is 5.95 Å². The first-order chi connectivity index (χ1) is 19.5. The molecular weight excluding hydrogens is 527 g/mol. The van der Waals surface area contributed by atoms with Crippen molar-refractivity contribution >= 4 is 34.5 Å². The molecule has 4 N–H and O–H groups in total. The molecule has 12 nitrogen and oxygen atoms in total. The summed E-state index contributed by atoms with van der Waals surface area (Å²) in [5.41, 5.74) is 1.92. The average molecular weight is 559 g/mol. The fourth-order valence-electron chi connectivity index (χ4n) is 4.38. The number of aromatic nitrogens is 7. The van der Waals surface area contributed by atoms with Crippen molar-refractivity contribution < 1.29 is 9.18 Å². The number of hydrogen-bond acceptors (Lipinski definition) is 7. The zero-order chi connectivity index (χ0) is 29.5.